The van der Waals surface area contributed by atoms with Gasteiger partial charge in [0, 0.05) is 31.5 Å². The summed E-state index contributed by atoms with van der Waals surface area (Å²) >= 11 is 0. The van der Waals surface area contributed by atoms with E-state index >= 15 is 0 Å². The average molecular weight is 615 g/mol. The molecular weight excluding hydrogens is 556 g/mol. The number of ketones is 1. The Morgan fingerprint density at radius 1 is 1.02 bits per heavy atom. The Kier molecular flexibility index (Phi) is 12.9. The van der Waals surface area contributed by atoms with Gasteiger partial charge in [-0.15, -0.1) is 0 Å². The number of hydrogen-bond donors (Lipinski definition) is 0. The SMILES string of the molecule is CCCCC[C@@H](/C=C\[C@H]1[C@H](O[C@@H]2CCCCO2)CC(=O)[C@@H]1Cc1cccc(O[Si](C)(C)C(C)(C)C)c1)O[C@H]1CCCCO1. The van der Waals surface area contributed by atoms with Crippen LogP contribution in [0.1, 0.15) is 104 Å². The molecule has 1 aromatic rings. The van der Waals surface area contributed by atoms with Crippen molar-refractivity contribution in [1.82, 2.24) is 0 Å². The van der Waals surface area contributed by atoms with E-state index < -0.39 is 8.32 Å². The van der Waals surface area contributed by atoms with Crippen molar-refractivity contribution in [3.8, 4) is 5.75 Å². The summed E-state index contributed by atoms with van der Waals surface area (Å²) in [6.45, 7) is 15.0. The number of carbonyl (C=O) groups excluding carboxylic acids is 1. The number of benzene rings is 1. The summed E-state index contributed by atoms with van der Waals surface area (Å²) in [6, 6.07) is 8.38. The second-order valence-corrected chi connectivity index (χ2v) is 19.1. The molecule has 0 unspecified atom stereocenters. The third-order valence-corrected chi connectivity index (χ3v) is 14.2. The molecule has 2 heterocycles. The molecule has 0 aromatic heterocycles. The second-order valence-electron chi connectivity index (χ2n) is 14.4. The lowest BCUT2D eigenvalue weighted by atomic mass is 9.87. The molecule has 1 saturated carbocycles. The van der Waals surface area contributed by atoms with E-state index in [0.717, 1.165) is 75.9 Å². The molecule has 0 bridgehead atoms. The van der Waals surface area contributed by atoms with E-state index in [2.05, 4.69) is 77.2 Å². The summed E-state index contributed by atoms with van der Waals surface area (Å²) in [7, 11) is -1.97. The van der Waals surface area contributed by atoms with E-state index in [1.165, 1.54) is 12.8 Å². The molecule has 6 nitrogen and oxygen atoms in total. The van der Waals surface area contributed by atoms with Gasteiger partial charge < -0.3 is 23.4 Å². The molecule has 242 valence electrons. The molecule has 4 rings (SSSR count). The van der Waals surface area contributed by atoms with E-state index in [4.69, 9.17) is 23.4 Å². The van der Waals surface area contributed by atoms with Crippen LogP contribution in [0.4, 0.5) is 0 Å². The fraction of sp³-hybridized carbons (Fsp3) is 0.750. The Hall–Kier alpha value is -1.51. The van der Waals surface area contributed by atoms with Gasteiger partial charge in [-0.3, -0.25) is 4.79 Å². The van der Waals surface area contributed by atoms with Crippen LogP contribution in [0.25, 0.3) is 0 Å². The van der Waals surface area contributed by atoms with Crippen LogP contribution in [-0.4, -0.2) is 52.1 Å². The van der Waals surface area contributed by atoms with Gasteiger partial charge in [0.2, 0.25) is 8.32 Å². The highest BCUT2D eigenvalue weighted by Crippen LogP contribution is 2.39. The monoisotopic (exact) mass is 614 g/mol. The van der Waals surface area contributed by atoms with Crippen molar-refractivity contribution in [3.05, 3.63) is 42.0 Å². The predicted molar refractivity (Wildman–Crippen MR) is 175 cm³/mol. The molecule has 1 aromatic carbocycles. The van der Waals surface area contributed by atoms with Gasteiger partial charge in [-0.2, -0.15) is 0 Å². The smallest absolute Gasteiger partial charge is 0.250 e. The maximum Gasteiger partial charge on any atom is 0.250 e. The van der Waals surface area contributed by atoms with Crippen molar-refractivity contribution in [3.63, 3.8) is 0 Å². The average Bonchev–Trinajstić information content (AvgIpc) is 3.25. The summed E-state index contributed by atoms with van der Waals surface area (Å²) in [5, 5.41) is 0.116. The summed E-state index contributed by atoms with van der Waals surface area (Å²) in [5.41, 5.74) is 1.13. The van der Waals surface area contributed by atoms with Gasteiger partial charge in [0.15, 0.2) is 12.6 Å². The highest BCUT2D eigenvalue weighted by Gasteiger charge is 2.43. The van der Waals surface area contributed by atoms with Gasteiger partial charge >= 0.3 is 0 Å². The zero-order valence-corrected chi connectivity index (χ0v) is 28.8. The minimum atomic E-state index is -1.97. The van der Waals surface area contributed by atoms with Crippen LogP contribution in [0, 0.1) is 11.8 Å². The van der Waals surface area contributed by atoms with Crippen molar-refractivity contribution >= 4 is 14.1 Å². The van der Waals surface area contributed by atoms with Gasteiger partial charge in [-0.1, -0.05) is 71.2 Å². The number of unbranched alkanes of at least 4 members (excludes halogenated alkanes) is 2. The molecule has 3 aliphatic rings. The molecule has 3 fully saturated rings. The largest absolute Gasteiger partial charge is 0.543 e. The van der Waals surface area contributed by atoms with Crippen LogP contribution in [0.5, 0.6) is 5.75 Å². The molecule has 0 spiro atoms. The summed E-state index contributed by atoms with van der Waals surface area (Å²) in [4.78, 5) is 13.6. The molecule has 2 saturated heterocycles. The lowest BCUT2D eigenvalue weighted by Crippen LogP contribution is -2.43. The topological polar surface area (TPSA) is 63.2 Å². The Balaban J connectivity index is 1.53. The Labute approximate surface area is 262 Å². The molecule has 0 amide bonds. The molecule has 1 aliphatic carbocycles. The van der Waals surface area contributed by atoms with E-state index in [1.807, 2.05) is 0 Å². The normalized spacial score (nSPS) is 28.0. The number of hydrogen-bond acceptors (Lipinski definition) is 6. The summed E-state index contributed by atoms with van der Waals surface area (Å²) in [5.74, 6) is 0.981. The lowest BCUT2D eigenvalue weighted by molar-refractivity contribution is -0.192. The van der Waals surface area contributed by atoms with Gasteiger partial charge in [-0.25, -0.2) is 0 Å². The van der Waals surface area contributed by atoms with E-state index in [1.54, 1.807) is 0 Å². The van der Waals surface area contributed by atoms with E-state index in [-0.39, 0.29) is 47.4 Å². The van der Waals surface area contributed by atoms with Gasteiger partial charge in [0.05, 0.1) is 12.2 Å². The zero-order valence-electron chi connectivity index (χ0n) is 27.8. The molecule has 0 radical (unpaired) electrons. The van der Waals surface area contributed by atoms with Crippen molar-refractivity contribution in [2.45, 2.75) is 148 Å². The number of Topliss-reactive ketones (excluding diaryl/α,β-unsaturated/α-hetero) is 1. The third kappa shape index (κ3) is 10.3. The summed E-state index contributed by atoms with van der Waals surface area (Å²) < 4.78 is 31.5. The van der Waals surface area contributed by atoms with Crippen LogP contribution in [0.2, 0.25) is 18.1 Å². The second kappa shape index (κ2) is 16.2. The van der Waals surface area contributed by atoms with Crippen molar-refractivity contribution in [2.75, 3.05) is 13.2 Å². The van der Waals surface area contributed by atoms with Gasteiger partial charge in [0.1, 0.15) is 11.5 Å². The standard InChI is InChI=1S/C36H58O6Si/c1-7-8-9-16-28(40-34-18-10-12-22-38-34)20-21-30-31(32(37)26-33(30)41-35-19-11-13-23-39-35)25-27-15-14-17-29(24-27)42-43(5,6)36(2,3)4/h14-15,17,20-21,24,28,30-31,33-35H,7-13,16,18-19,22-23,25-26H2,1-6H3/b21-20-/t28-,30+,31+,33+,34-,35+/m0/s1. The fourth-order valence-corrected chi connectivity index (χ4v) is 7.15. The fourth-order valence-electron chi connectivity index (χ4n) is 6.13. The minimum absolute atomic E-state index is 0.0288. The first-order chi connectivity index (χ1) is 20.6. The zero-order chi connectivity index (χ0) is 30.9. The van der Waals surface area contributed by atoms with Crippen LogP contribution < -0.4 is 4.43 Å². The Morgan fingerprint density at radius 2 is 1.74 bits per heavy atom. The first-order valence-corrected chi connectivity index (χ1v) is 20.0. The molecule has 6 atom stereocenters. The molecular formula is C36H58O6Si. The highest BCUT2D eigenvalue weighted by molar-refractivity contribution is 6.74. The summed E-state index contributed by atoms with van der Waals surface area (Å²) in [6.07, 6.45) is 15.6. The lowest BCUT2D eigenvalue weighted by Gasteiger charge is -2.36. The maximum absolute atomic E-state index is 13.6. The maximum atomic E-state index is 13.6. The highest BCUT2D eigenvalue weighted by atomic mass is 28.4. The number of ether oxygens (including phenoxy) is 4. The Bertz CT molecular complexity index is 1020. The first kappa shape index (κ1) is 34.4. The van der Waals surface area contributed by atoms with Crippen molar-refractivity contribution in [2.24, 2.45) is 11.8 Å². The van der Waals surface area contributed by atoms with Gasteiger partial charge in [-0.05, 0) is 87.2 Å². The van der Waals surface area contributed by atoms with Crippen molar-refractivity contribution < 1.29 is 28.2 Å². The van der Waals surface area contributed by atoms with Crippen molar-refractivity contribution in [1.29, 1.82) is 0 Å². The quantitative estimate of drug-likeness (QED) is 0.119. The molecule has 2 aliphatic heterocycles. The number of rotatable bonds is 14. The van der Waals surface area contributed by atoms with E-state index in [9.17, 15) is 4.79 Å². The van der Waals surface area contributed by atoms with Gasteiger partial charge in [0.25, 0.3) is 0 Å². The van der Waals surface area contributed by atoms with Crippen LogP contribution in [0.15, 0.2) is 36.4 Å². The third-order valence-electron chi connectivity index (χ3n) is 9.81. The predicted octanol–water partition coefficient (Wildman–Crippen LogP) is 8.78. The van der Waals surface area contributed by atoms with Crippen LogP contribution in [-0.2, 0) is 30.2 Å². The Morgan fingerprint density at radius 3 is 2.40 bits per heavy atom. The van der Waals surface area contributed by atoms with Crippen LogP contribution in [0.3, 0.4) is 0 Å². The molecule has 0 N–H and O–H groups in total. The molecule has 43 heavy (non-hydrogen) atoms. The van der Waals surface area contributed by atoms with Crippen LogP contribution >= 0.6 is 0 Å². The minimum Gasteiger partial charge on any atom is -0.543 e. The number of carbonyl (C=O) groups is 1. The first-order valence-electron chi connectivity index (χ1n) is 17.1. The van der Waals surface area contributed by atoms with E-state index in [0.29, 0.717) is 12.8 Å². The molecule has 7 heteroatoms.